The van der Waals surface area contributed by atoms with E-state index in [2.05, 4.69) is 5.10 Å². The average Bonchev–Trinajstić information content (AvgIpc) is 1.99. The summed E-state index contributed by atoms with van der Waals surface area (Å²) in [6.07, 6.45) is 0. The second-order valence-corrected chi connectivity index (χ2v) is 2.37. The van der Waals surface area contributed by atoms with Crippen molar-refractivity contribution < 1.29 is 4.74 Å². The summed E-state index contributed by atoms with van der Waals surface area (Å²) in [6, 6.07) is 1.38. The molecule has 0 spiro atoms. The predicted octanol–water partition coefficient (Wildman–Crippen LogP) is 0.442. The lowest BCUT2D eigenvalue weighted by molar-refractivity contribution is 0.382. The fourth-order valence-electron chi connectivity index (χ4n) is 0.647. The molecule has 0 unspecified atom stereocenters. The number of hydrogen-bond acceptors (Lipinski definition) is 3. The number of halogens is 1. The van der Waals surface area contributed by atoms with Crippen molar-refractivity contribution in [3.05, 3.63) is 21.4 Å². The van der Waals surface area contributed by atoms with E-state index >= 15 is 0 Å². The smallest absolute Gasteiger partial charge is 0.285 e. The van der Waals surface area contributed by atoms with Gasteiger partial charge in [-0.15, -0.1) is 5.10 Å². The molecule has 11 heavy (non-hydrogen) atoms. The molecule has 0 aliphatic heterocycles. The van der Waals surface area contributed by atoms with Gasteiger partial charge in [0.05, 0.1) is 7.11 Å². The highest BCUT2D eigenvalue weighted by Gasteiger charge is 2.02. The molecule has 0 saturated carbocycles. The minimum Gasteiger partial charge on any atom is -0.480 e. The lowest BCUT2D eigenvalue weighted by Gasteiger charge is -2.00. The molecule has 0 radical (unpaired) electrons. The van der Waals surface area contributed by atoms with Crippen LogP contribution in [0.1, 0.15) is 0 Å². The van der Waals surface area contributed by atoms with Gasteiger partial charge in [-0.05, 0) is 0 Å². The van der Waals surface area contributed by atoms with Crippen molar-refractivity contribution in [2.45, 2.75) is 0 Å². The van der Waals surface area contributed by atoms with Crippen molar-refractivity contribution in [2.75, 3.05) is 7.11 Å². The van der Waals surface area contributed by atoms with Gasteiger partial charge in [-0.1, -0.05) is 11.6 Å². The van der Waals surface area contributed by atoms with Crippen molar-refractivity contribution >= 4 is 11.6 Å². The van der Waals surface area contributed by atoms with Crippen molar-refractivity contribution in [3.8, 4) is 5.88 Å². The van der Waals surface area contributed by atoms with Gasteiger partial charge in [0.15, 0.2) is 0 Å². The minimum absolute atomic E-state index is 0.111. The number of aromatic nitrogens is 2. The molecule has 60 valence electrons. The summed E-state index contributed by atoms with van der Waals surface area (Å²) in [5.41, 5.74) is -0.326. The minimum atomic E-state index is -0.326. The Hall–Kier alpha value is -1.03. The zero-order chi connectivity index (χ0) is 8.43. The van der Waals surface area contributed by atoms with Gasteiger partial charge in [-0.25, -0.2) is 4.68 Å². The third kappa shape index (κ3) is 1.51. The standard InChI is InChI=1S/C6H7ClN2O2/c1-9-6(10)4(7)3-5(8-9)11-2/h3H,1-2H3. The average molecular weight is 175 g/mol. The Kier molecular flexibility index (Phi) is 2.14. The number of nitrogens with zero attached hydrogens (tertiary/aromatic N) is 2. The molecule has 0 aliphatic rings. The highest BCUT2D eigenvalue weighted by Crippen LogP contribution is 2.07. The van der Waals surface area contributed by atoms with Crippen molar-refractivity contribution in [3.63, 3.8) is 0 Å². The van der Waals surface area contributed by atoms with Gasteiger partial charge >= 0.3 is 0 Å². The molecule has 4 nitrogen and oxygen atoms in total. The number of methoxy groups -OCH3 is 1. The fraction of sp³-hybridized carbons (Fsp3) is 0.333. The third-order valence-corrected chi connectivity index (χ3v) is 1.48. The Morgan fingerprint density at radius 3 is 2.82 bits per heavy atom. The van der Waals surface area contributed by atoms with E-state index in [0.717, 1.165) is 4.68 Å². The summed E-state index contributed by atoms with van der Waals surface area (Å²) in [7, 11) is 2.97. The molecule has 0 aromatic carbocycles. The van der Waals surface area contributed by atoms with Crippen molar-refractivity contribution in [1.82, 2.24) is 9.78 Å². The molecule has 0 aliphatic carbocycles. The first-order chi connectivity index (χ1) is 5.15. The van der Waals surface area contributed by atoms with E-state index in [-0.39, 0.29) is 10.6 Å². The lowest BCUT2D eigenvalue weighted by atomic mass is 10.5. The molecule has 0 amide bonds. The highest BCUT2D eigenvalue weighted by atomic mass is 35.5. The van der Waals surface area contributed by atoms with Crippen LogP contribution in [0, 0.1) is 0 Å². The number of aryl methyl sites for hydroxylation is 1. The van der Waals surface area contributed by atoms with Crippen molar-refractivity contribution in [2.24, 2.45) is 7.05 Å². The van der Waals surface area contributed by atoms with E-state index in [1.165, 1.54) is 20.2 Å². The first-order valence-electron chi connectivity index (χ1n) is 2.93. The molecular weight excluding hydrogens is 168 g/mol. The number of rotatable bonds is 1. The molecule has 0 bridgehead atoms. The third-order valence-electron chi connectivity index (χ3n) is 1.21. The maximum absolute atomic E-state index is 10.9. The van der Waals surface area contributed by atoms with Gasteiger partial charge < -0.3 is 4.74 Å². The summed E-state index contributed by atoms with van der Waals surface area (Å²) in [6.45, 7) is 0. The first-order valence-corrected chi connectivity index (χ1v) is 3.31. The van der Waals surface area contributed by atoms with Crippen LogP contribution in [0.4, 0.5) is 0 Å². The second-order valence-electron chi connectivity index (χ2n) is 1.96. The molecule has 0 atom stereocenters. The highest BCUT2D eigenvalue weighted by molar-refractivity contribution is 6.30. The van der Waals surface area contributed by atoms with Crippen LogP contribution < -0.4 is 10.3 Å². The summed E-state index contributed by atoms with van der Waals surface area (Å²) >= 11 is 5.54. The Morgan fingerprint density at radius 2 is 2.36 bits per heavy atom. The maximum atomic E-state index is 10.9. The largest absolute Gasteiger partial charge is 0.480 e. The number of hydrogen-bond donors (Lipinski definition) is 0. The molecule has 5 heteroatoms. The molecular formula is C6H7ClN2O2. The molecule has 1 aromatic rings. The van der Waals surface area contributed by atoms with Crippen LogP contribution in [-0.4, -0.2) is 16.9 Å². The molecule has 0 fully saturated rings. The molecule has 0 saturated heterocycles. The Morgan fingerprint density at radius 1 is 1.73 bits per heavy atom. The van der Waals surface area contributed by atoms with E-state index < -0.39 is 0 Å². The molecule has 1 aromatic heterocycles. The summed E-state index contributed by atoms with van der Waals surface area (Å²) in [5.74, 6) is 0.331. The molecule has 1 heterocycles. The van der Waals surface area contributed by atoms with E-state index in [9.17, 15) is 4.79 Å². The van der Waals surface area contributed by atoms with Crippen LogP contribution in [-0.2, 0) is 7.05 Å². The normalized spacial score (nSPS) is 9.73. The molecule has 1 rings (SSSR count). The predicted molar refractivity (Wildman–Crippen MR) is 41.0 cm³/mol. The van der Waals surface area contributed by atoms with Crippen LogP contribution in [0.25, 0.3) is 0 Å². The van der Waals surface area contributed by atoms with Gasteiger partial charge in [0, 0.05) is 13.1 Å². The molecule has 0 N–H and O–H groups in total. The summed E-state index contributed by atoms with van der Waals surface area (Å²) < 4.78 is 5.90. The summed E-state index contributed by atoms with van der Waals surface area (Å²) in [5, 5.41) is 3.86. The summed E-state index contributed by atoms with van der Waals surface area (Å²) in [4.78, 5) is 10.9. The maximum Gasteiger partial charge on any atom is 0.285 e. The quantitative estimate of drug-likeness (QED) is 0.621. The Bertz CT molecular complexity index is 295. The van der Waals surface area contributed by atoms with E-state index in [4.69, 9.17) is 16.3 Å². The van der Waals surface area contributed by atoms with E-state index in [1.807, 2.05) is 0 Å². The van der Waals surface area contributed by atoms with Crippen LogP contribution in [0.3, 0.4) is 0 Å². The van der Waals surface area contributed by atoms with Gasteiger partial charge in [-0.2, -0.15) is 0 Å². The Labute approximate surface area is 68.4 Å². The van der Waals surface area contributed by atoms with Gasteiger partial charge in [0.1, 0.15) is 5.02 Å². The van der Waals surface area contributed by atoms with E-state index in [0.29, 0.717) is 5.88 Å². The SMILES string of the molecule is COc1cc(Cl)c(=O)n(C)n1. The zero-order valence-corrected chi connectivity index (χ0v) is 6.92. The van der Waals surface area contributed by atoms with Gasteiger partial charge in [-0.3, -0.25) is 4.79 Å². The van der Waals surface area contributed by atoms with Gasteiger partial charge in [0.25, 0.3) is 5.56 Å². The lowest BCUT2D eigenvalue weighted by Crippen LogP contribution is -2.19. The number of ether oxygens (including phenoxy) is 1. The first kappa shape index (κ1) is 8.07. The van der Waals surface area contributed by atoms with E-state index in [1.54, 1.807) is 0 Å². The fourth-order valence-corrected chi connectivity index (χ4v) is 0.862. The zero-order valence-electron chi connectivity index (χ0n) is 6.17. The van der Waals surface area contributed by atoms with Crippen LogP contribution in [0.5, 0.6) is 5.88 Å². The van der Waals surface area contributed by atoms with Crippen LogP contribution in [0.15, 0.2) is 10.9 Å². The van der Waals surface area contributed by atoms with Crippen LogP contribution in [0.2, 0.25) is 5.02 Å². The van der Waals surface area contributed by atoms with Crippen LogP contribution >= 0.6 is 11.6 Å². The monoisotopic (exact) mass is 174 g/mol. The topological polar surface area (TPSA) is 44.1 Å². The Balaban J connectivity index is 3.32. The van der Waals surface area contributed by atoms with Crippen molar-refractivity contribution in [1.29, 1.82) is 0 Å². The van der Waals surface area contributed by atoms with Gasteiger partial charge in [0.2, 0.25) is 5.88 Å². The second kappa shape index (κ2) is 2.92.